The topological polar surface area (TPSA) is 20.2 Å². The first-order valence-corrected chi connectivity index (χ1v) is 6.96. The Bertz CT molecular complexity index is 435. The Balaban J connectivity index is 2.21. The largest absolute Gasteiger partial charge is 0.389 e. The molecule has 1 aromatic rings. The highest BCUT2D eigenvalue weighted by molar-refractivity contribution is 6.31. The number of aliphatic hydroxyl groups is 1. The van der Waals surface area contributed by atoms with Crippen LogP contribution < -0.4 is 0 Å². The standard InChI is InChI=1S/C15H20ClFO/c1-10-4-3-7-15(18,11(10)2)9-12-5-6-13(17)8-14(12)16/h5-6,8,10-11,18H,3-4,7,9H2,1-2H3. The van der Waals surface area contributed by atoms with Gasteiger partial charge in [0.2, 0.25) is 0 Å². The second kappa shape index (κ2) is 5.18. The van der Waals surface area contributed by atoms with Gasteiger partial charge in [0.25, 0.3) is 0 Å². The number of hydrogen-bond donors (Lipinski definition) is 1. The van der Waals surface area contributed by atoms with Crippen molar-refractivity contribution in [2.45, 2.75) is 45.1 Å². The van der Waals surface area contributed by atoms with Crippen molar-refractivity contribution in [3.63, 3.8) is 0 Å². The highest BCUT2D eigenvalue weighted by Gasteiger charge is 2.39. The lowest BCUT2D eigenvalue weighted by Gasteiger charge is -2.42. The highest BCUT2D eigenvalue weighted by Crippen LogP contribution is 2.40. The van der Waals surface area contributed by atoms with Crippen LogP contribution in [0.2, 0.25) is 5.02 Å². The minimum atomic E-state index is -0.709. The molecule has 3 atom stereocenters. The summed E-state index contributed by atoms with van der Waals surface area (Å²) in [6, 6.07) is 4.40. The van der Waals surface area contributed by atoms with E-state index in [1.165, 1.54) is 18.6 Å². The van der Waals surface area contributed by atoms with Crippen LogP contribution in [-0.2, 0) is 6.42 Å². The molecular weight excluding hydrogens is 251 g/mol. The molecule has 0 radical (unpaired) electrons. The van der Waals surface area contributed by atoms with E-state index in [1.807, 2.05) is 0 Å². The van der Waals surface area contributed by atoms with Gasteiger partial charge in [-0.1, -0.05) is 44.4 Å². The van der Waals surface area contributed by atoms with Gasteiger partial charge in [-0.15, -0.1) is 0 Å². The molecule has 1 N–H and O–H groups in total. The lowest BCUT2D eigenvalue weighted by molar-refractivity contribution is -0.0620. The first-order chi connectivity index (χ1) is 8.42. The van der Waals surface area contributed by atoms with E-state index in [-0.39, 0.29) is 11.7 Å². The maximum atomic E-state index is 13.0. The summed E-state index contributed by atoms with van der Waals surface area (Å²) in [5, 5.41) is 11.2. The summed E-state index contributed by atoms with van der Waals surface area (Å²) in [4.78, 5) is 0. The Kier molecular flexibility index (Phi) is 3.98. The van der Waals surface area contributed by atoms with Gasteiger partial charge >= 0.3 is 0 Å². The fourth-order valence-electron chi connectivity index (χ4n) is 2.98. The van der Waals surface area contributed by atoms with Crippen molar-refractivity contribution in [1.82, 2.24) is 0 Å². The molecule has 3 heteroatoms. The van der Waals surface area contributed by atoms with E-state index in [2.05, 4.69) is 13.8 Å². The van der Waals surface area contributed by atoms with Crippen LogP contribution >= 0.6 is 11.6 Å². The van der Waals surface area contributed by atoms with Gasteiger partial charge in [-0.3, -0.25) is 0 Å². The zero-order valence-corrected chi connectivity index (χ0v) is 11.7. The summed E-state index contributed by atoms with van der Waals surface area (Å²) in [6.07, 6.45) is 3.52. The second-order valence-electron chi connectivity index (χ2n) is 5.67. The fraction of sp³-hybridized carbons (Fsp3) is 0.600. The molecule has 0 amide bonds. The van der Waals surface area contributed by atoms with E-state index in [9.17, 15) is 9.50 Å². The van der Waals surface area contributed by atoms with Crippen LogP contribution in [0.3, 0.4) is 0 Å². The van der Waals surface area contributed by atoms with Gasteiger partial charge in [0.15, 0.2) is 0 Å². The monoisotopic (exact) mass is 270 g/mol. The molecule has 1 fully saturated rings. The van der Waals surface area contributed by atoms with E-state index in [0.29, 0.717) is 17.4 Å². The SMILES string of the molecule is CC1CCCC(O)(Cc2ccc(F)cc2Cl)C1C. The third-order valence-corrected chi connectivity index (χ3v) is 4.83. The van der Waals surface area contributed by atoms with Gasteiger partial charge in [0.05, 0.1) is 5.60 Å². The molecule has 1 saturated carbocycles. The number of benzene rings is 1. The molecule has 0 saturated heterocycles. The van der Waals surface area contributed by atoms with Crippen LogP contribution in [-0.4, -0.2) is 10.7 Å². The van der Waals surface area contributed by atoms with Crippen molar-refractivity contribution >= 4 is 11.6 Å². The Labute approximate surface area is 113 Å². The minimum absolute atomic E-state index is 0.243. The molecule has 0 heterocycles. The van der Waals surface area contributed by atoms with Gasteiger partial charge < -0.3 is 5.11 Å². The van der Waals surface area contributed by atoms with Gasteiger partial charge in [0.1, 0.15) is 5.82 Å². The van der Waals surface area contributed by atoms with Crippen LogP contribution in [0.15, 0.2) is 18.2 Å². The third-order valence-electron chi connectivity index (χ3n) is 4.48. The summed E-state index contributed by atoms with van der Waals surface area (Å²) in [7, 11) is 0. The molecule has 1 aromatic carbocycles. The van der Waals surface area contributed by atoms with E-state index in [0.717, 1.165) is 18.4 Å². The normalized spacial score (nSPS) is 32.5. The number of hydrogen-bond acceptors (Lipinski definition) is 1. The van der Waals surface area contributed by atoms with E-state index in [4.69, 9.17) is 11.6 Å². The van der Waals surface area contributed by atoms with Gasteiger partial charge in [0, 0.05) is 11.4 Å². The van der Waals surface area contributed by atoms with Crippen LogP contribution in [0, 0.1) is 17.7 Å². The minimum Gasteiger partial charge on any atom is -0.389 e. The smallest absolute Gasteiger partial charge is 0.124 e. The lowest BCUT2D eigenvalue weighted by Crippen LogP contribution is -2.44. The van der Waals surface area contributed by atoms with Crippen LogP contribution in [0.1, 0.15) is 38.7 Å². The van der Waals surface area contributed by atoms with Crippen molar-refractivity contribution in [2.24, 2.45) is 11.8 Å². The quantitative estimate of drug-likeness (QED) is 0.854. The van der Waals surface area contributed by atoms with Gasteiger partial charge in [-0.25, -0.2) is 4.39 Å². The number of rotatable bonds is 2. The van der Waals surface area contributed by atoms with Crippen LogP contribution in [0.25, 0.3) is 0 Å². The molecule has 1 nitrogen and oxygen atoms in total. The van der Waals surface area contributed by atoms with E-state index < -0.39 is 5.60 Å². The molecule has 2 rings (SSSR count). The lowest BCUT2D eigenvalue weighted by atomic mass is 9.68. The molecule has 18 heavy (non-hydrogen) atoms. The maximum absolute atomic E-state index is 13.0. The molecule has 0 bridgehead atoms. The Morgan fingerprint density at radius 1 is 1.44 bits per heavy atom. The summed E-state index contributed by atoms with van der Waals surface area (Å²) in [5.41, 5.74) is 0.126. The summed E-state index contributed by atoms with van der Waals surface area (Å²) < 4.78 is 13.0. The first-order valence-electron chi connectivity index (χ1n) is 6.59. The van der Waals surface area contributed by atoms with Crippen molar-refractivity contribution in [3.05, 3.63) is 34.6 Å². The average molecular weight is 271 g/mol. The van der Waals surface area contributed by atoms with Gasteiger partial charge in [-0.2, -0.15) is 0 Å². The Hall–Kier alpha value is -0.600. The molecule has 0 spiro atoms. The van der Waals surface area contributed by atoms with E-state index >= 15 is 0 Å². The highest BCUT2D eigenvalue weighted by atomic mass is 35.5. The molecule has 0 aliphatic heterocycles. The van der Waals surface area contributed by atoms with Crippen LogP contribution in [0.5, 0.6) is 0 Å². The maximum Gasteiger partial charge on any atom is 0.124 e. The predicted octanol–water partition coefficient (Wildman–Crippen LogP) is 4.21. The molecule has 100 valence electrons. The predicted molar refractivity (Wildman–Crippen MR) is 72.2 cm³/mol. The third kappa shape index (κ3) is 2.70. The molecule has 0 aromatic heterocycles. The van der Waals surface area contributed by atoms with Gasteiger partial charge in [-0.05, 0) is 36.0 Å². The Morgan fingerprint density at radius 3 is 2.83 bits per heavy atom. The number of halogens is 2. The first kappa shape index (κ1) is 13.8. The second-order valence-corrected chi connectivity index (χ2v) is 6.08. The zero-order valence-electron chi connectivity index (χ0n) is 10.9. The summed E-state index contributed by atoms with van der Waals surface area (Å²) >= 11 is 6.04. The van der Waals surface area contributed by atoms with Crippen LogP contribution in [0.4, 0.5) is 4.39 Å². The molecular formula is C15H20ClFO. The average Bonchev–Trinajstić information content (AvgIpc) is 2.30. The van der Waals surface area contributed by atoms with Crippen molar-refractivity contribution in [1.29, 1.82) is 0 Å². The fourth-order valence-corrected chi connectivity index (χ4v) is 3.22. The zero-order chi connectivity index (χ0) is 13.3. The van der Waals surface area contributed by atoms with Crippen molar-refractivity contribution in [3.8, 4) is 0 Å². The molecule has 1 aliphatic carbocycles. The van der Waals surface area contributed by atoms with Crippen molar-refractivity contribution < 1.29 is 9.50 Å². The van der Waals surface area contributed by atoms with E-state index in [1.54, 1.807) is 6.07 Å². The molecule has 3 unspecified atom stereocenters. The molecule has 1 aliphatic rings. The van der Waals surface area contributed by atoms with Crippen molar-refractivity contribution in [2.75, 3.05) is 0 Å². The Morgan fingerprint density at radius 2 is 2.17 bits per heavy atom. The summed E-state index contributed by atoms with van der Waals surface area (Å²) in [6.45, 7) is 4.28. The summed E-state index contributed by atoms with van der Waals surface area (Å²) in [5.74, 6) is 0.427.